The second-order valence-electron chi connectivity index (χ2n) is 19.2. The third kappa shape index (κ3) is 8.81. The molecule has 4 rings (SSSR count). The Morgan fingerprint density at radius 1 is 0.768 bits per heavy atom. The van der Waals surface area contributed by atoms with Crippen molar-refractivity contribution in [2.24, 2.45) is 33.0 Å². The summed E-state index contributed by atoms with van der Waals surface area (Å²) >= 11 is 0. The molecule has 0 fully saturated rings. The zero-order valence-electron chi connectivity index (χ0n) is 36.6. The monoisotopic (exact) mass is 766 g/mol. The molecule has 0 aromatic heterocycles. The number of ether oxygens (including phenoxy) is 1. The van der Waals surface area contributed by atoms with Crippen LogP contribution in [0, 0.1) is 39.9 Å². The number of hydrogen-bond acceptors (Lipinski definition) is 7. The van der Waals surface area contributed by atoms with Crippen LogP contribution in [0.4, 0.5) is 17.1 Å². The van der Waals surface area contributed by atoms with Gasteiger partial charge in [0.05, 0.1) is 27.9 Å². The molecule has 1 amide bonds. The molecule has 1 aliphatic carbocycles. The molecule has 0 saturated heterocycles. The quantitative estimate of drug-likeness (QED) is 0.116. The number of carbonyl (C=O) groups is 4. The van der Waals surface area contributed by atoms with Crippen LogP contribution < -0.4 is 10.6 Å². The Labute approximate surface area is 336 Å². The minimum absolute atomic E-state index is 0.193. The van der Waals surface area contributed by atoms with E-state index in [1.165, 1.54) is 0 Å². The first kappa shape index (κ1) is 44.4. The maximum atomic E-state index is 14.9. The van der Waals surface area contributed by atoms with E-state index in [0.29, 0.717) is 54.1 Å². The minimum atomic E-state index is -0.797. The lowest BCUT2D eigenvalue weighted by Crippen LogP contribution is -2.51. The fraction of sp³-hybridized carbons (Fsp3) is 0.542. The van der Waals surface area contributed by atoms with E-state index < -0.39 is 22.2 Å². The first-order valence-electron chi connectivity index (χ1n) is 20.3. The Hall–Kier alpha value is -4.30. The van der Waals surface area contributed by atoms with E-state index in [2.05, 4.69) is 79.9 Å². The van der Waals surface area contributed by atoms with Gasteiger partial charge in [-0.15, -0.1) is 0 Å². The molecule has 8 heteroatoms. The van der Waals surface area contributed by atoms with Crippen molar-refractivity contribution in [2.45, 2.75) is 109 Å². The maximum Gasteiger partial charge on any atom is 0.312 e. The van der Waals surface area contributed by atoms with Gasteiger partial charge in [-0.1, -0.05) is 125 Å². The Morgan fingerprint density at radius 2 is 1.30 bits per heavy atom. The van der Waals surface area contributed by atoms with Gasteiger partial charge in [-0.25, -0.2) is 0 Å². The highest BCUT2D eigenvalue weighted by Gasteiger charge is 2.55. The molecule has 0 bridgehead atoms. The molecule has 4 atom stereocenters. The number of amides is 1. The molecule has 2 N–H and O–H groups in total. The van der Waals surface area contributed by atoms with Crippen molar-refractivity contribution in [2.75, 3.05) is 37.9 Å². The van der Waals surface area contributed by atoms with Gasteiger partial charge in [0, 0.05) is 29.3 Å². The number of para-hydroxylation sites is 1. The molecule has 56 heavy (non-hydrogen) atoms. The van der Waals surface area contributed by atoms with E-state index >= 15 is 0 Å². The second-order valence-corrected chi connectivity index (χ2v) is 19.2. The van der Waals surface area contributed by atoms with Gasteiger partial charge < -0.3 is 20.3 Å². The average Bonchev–Trinajstić information content (AvgIpc) is 3.12. The van der Waals surface area contributed by atoms with Crippen molar-refractivity contribution in [3.63, 3.8) is 0 Å². The minimum Gasteiger partial charge on any atom is -0.464 e. The first-order valence-corrected chi connectivity index (χ1v) is 20.3. The van der Waals surface area contributed by atoms with E-state index in [4.69, 9.17) is 4.74 Å². The predicted molar refractivity (Wildman–Crippen MR) is 229 cm³/mol. The maximum absolute atomic E-state index is 14.9. The van der Waals surface area contributed by atoms with Gasteiger partial charge >= 0.3 is 5.97 Å². The SMILES string of the molecule is CCC(C)(CC(C(=O)Nc1c(C)cc(Nc2ccccc2)c2c1C(=O)c1ccccc1C2=O)C(C)(C)C)C(C)(CC)CC(C)(C(=O)OCCN(C)C)C(C)(C)C. The fourth-order valence-corrected chi connectivity index (χ4v) is 8.31. The summed E-state index contributed by atoms with van der Waals surface area (Å²) in [6.07, 6.45) is 2.71. The molecule has 1 aliphatic rings. The summed E-state index contributed by atoms with van der Waals surface area (Å²) in [6, 6.07) is 18.3. The van der Waals surface area contributed by atoms with E-state index in [-0.39, 0.29) is 45.4 Å². The second kappa shape index (κ2) is 16.7. The smallest absolute Gasteiger partial charge is 0.312 e. The average molecular weight is 766 g/mol. The molecular weight excluding hydrogens is 699 g/mol. The standard InChI is InChI=1S/C48H67N3O5/c1-15-46(10,47(11,16-2)30-48(12,45(7,8)9)43(55)56-27-26-51(13)14)29-35(44(4,5)6)42(54)50-39-31(3)28-36(49-32-22-18-17-19-23-32)37-38(39)41(53)34-25-21-20-24-33(34)40(37)52/h17-25,28,35,49H,15-16,26-27,29-30H2,1-14H3,(H,50,54). The van der Waals surface area contributed by atoms with Crippen LogP contribution in [0.1, 0.15) is 139 Å². The van der Waals surface area contributed by atoms with Crippen molar-refractivity contribution in [3.8, 4) is 0 Å². The zero-order chi connectivity index (χ0) is 42.0. The number of likely N-dealkylation sites (N-methyl/N-ethyl adjacent to an activating group) is 1. The molecule has 304 valence electrons. The van der Waals surface area contributed by atoms with Gasteiger partial charge in [-0.05, 0) is 86.2 Å². The van der Waals surface area contributed by atoms with Crippen LogP contribution >= 0.6 is 0 Å². The zero-order valence-corrected chi connectivity index (χ0v) is 36.6. The van der Waals surface area contributed by atoms with Gasteiger partial charge in [0.15, 0.2) is 11.6 Å². The molecule has 3 aromatic carbocycles. The van der Waals surface area contributed by atoms with Crippen molar-refractivity contribution in [3.05, 3.63) is 88.5 Å². The number of anilines is 3. The van der Waals surface area contributed by atoms with Gasteiger partial charge in [-0.3, -0.25) is 19.2 Å². The largest absolute Gasteiger partial charge is 0.464 e. The molecule has 8 nitrogen and oxygen atoms in total. The number of rotatable bonds is 15. The Kier molecular flexibility index (Phi) is 13.2. The number of carbonyl (C=O) groups excluding carboxylic acids is 4. The molecular formula is C48H67N3O5. The van der Waals surface area contributed by atoms with Crippen LogP contribution in [0.2, 0.25) is 0 Å². The predicted octanol–water partition coefficient (Wildman–Crippen LogP) is 10.9. The van der Waals surface area contributed by atoms with Gasteiger partial charge in [0.2, 0.25) is 5.91 Å². The molecule has 0 radical (unpaired) electrons. The fourth-order valence-electron chi connectivity index (χ4n) is 8.31. The summed E-state index contributed by atoms with van der Waals surface area (Å²) in [7, 11) is 3.92. The number of nitrogens with one attached hydrogen (secondary N) is 2. The van der Waals surface area contributed by atoms with Crippen molar-refractivity contribution >= 4 is 40.5 Å². The molecule has 4 unspecified atom stereocenters. The topological polar surface area (TPSA) is 105 Å². The summed E-state index contributed by atoms with van der Waals surface area (Å²) < 4.78 is 5.96. The number of aryl methyl sites for hydroxylation is 1. The highest BCUT2D eigenvalue weighted by atomic mass is 16.5. The summed E-state index contributed by atoms with van der Waals surface area (Å²) in [5.41, 5.74) is 1.06. The number of fused-ring (bicyclic) bond motifs is 2. The molecule has 0 spiro atoms. The third-order valence-electron chi connectivity index (χ3n) is 13.4. The van der Waals surface area contributed by atoms with Crippen LogP contribution in [0.25, 0.3) is 0 Å². The summed E-state index contributed by atoms with van der Waals surface area (Å²) in [6.45, 7) is 26.3. The van der Waals surface area contributed by atoms with Crippen LogP contribution in [0.5, 0.6) is 0 Å². The molecule has 0 heterocycles. The van der Waals surface area contributed by atoms with Crippen molar-refractivity contribution < 1.29 is 23.9 Å². The number of benzene rings is 3. The summed E-state index contributed by atoms with van der Waals surface area (Å²) in [5, 5.41) is 6.62. The lowest BCUT2D eigenvalue weighted by molar-refractivity contribution is -0.169. The Morgan fingerprint density at radius 3 is 1.80 bits per heavy atom. The summed E-state index contributed by atoms with van der Waals surface area (Å²) in [5.74, 6) is -1.44. The van der Waals surface area contributed by atoms with Crippen LogP contribution in [0.3, 0.4) is 0 Å². The molecule has 0 saturated carbocycles. The highest BCUT2D eigenvalue weighted by Crippen LogP contribution is 2.59. The number of ketones is 2. The molecule has 3 aromatic rings. The highest BCUT2D eigenvalue weighted by molar-refractivity contribution is 6.32. The third-order valence-corrected chi connectivity index (χ3v) is 13.4. The Balaban J connectivity index is 1.78. The lowest BCUT2D eigenvalue weighted by Gasteiger charge is -2.54. The van der Waals surface area contributed by atoms with Gasteiger partial charge in [0.25, 0.3) is 0 Å². The Bertz CT molecular complexity index is 1940. The van der Waals surface area contributed by atoms with E-state index in [9.17, 15) is 19.2 Å². The van der Waals surface area contributed by atoms with Gasteiger partial charge in [0.1, 0.15) is 6.61 Å². The first-order chi connectivity index (χ1) is 25.9. The normalized spacial score (nSPS) is 16.8. The van der Waals surface area contributed by atoms with Crippen LogP contribution in [0.15, 0.2) is 60.7 Å². The number of hydrogen-bond donors (Lipinski definition) is 2. The summed E-state index contributed by atoms with van der Waals surface area (Å²) in [4.78, 5) is 59.7. The lowest BCUT2D eigenvalue weighted by atomic mass is 9.50. The van der Waals surface area contributed by atoms with Crippen LogP contribution in [-0.4, -0.2) is 55.6 Å². The van der Waals surface area contributed by atoms with Crippen molar-refractivity contribution in [1.82, 2.24) is 4.90 Å². The van der Waals surface area contributed by atoms with E-state index in [1.54, 1.807) is 24.3 Å². The van der Waals surface area contributed by atoms with Crippen molar-refractivity contribution in [1.29, 1.82) is 0 Å². The number of nitrogens with zero attached hydrogens (tertiary/aromatic N) is 1. The van der Waals surface area contributed by atoms with E-state index in [0.717, 1.165) is 18.5 Å². The van der Waals surface area contributed by atoms with E-state index in [1.807, 2.05) is 69.2 Å². The van der Waals surface area contributed by atoms with Gasteiger partial charge in [-0.2, -0.15) is 0 Å². The van der Waals surface area contributed by atoms with Crippen LogP contribution in [-0.2, 0) is 14.3 Å². The molecule has 0 aliphatic heterocycles. The number of esters is 1.